The van der Waals surface area contributed by atoms with Crippen molar-refractivity contribution in [3.8, 4) is 0 Å². The topological polar surface area (TPSA) is 52.6 Å². The summed E-state index contributed by atoms with van der Waals surface area (Å²) in [6.07, 6.45) is 2.38. The van der Waals surface area contributed by atoms with E-state index in [1.807, 2.05) is 0 Å². The van der Waals surface area contributed by atoms with E-state index in [2.05, 4.69) is 55.4 Å². The molecule has 3 atom stereocenters. The van der Waals surface area contributed by atoms with Crippen molar-refractivity contribution in [3.63, 3.8) is 0 Å². The van der Waals surface area contributed by atoms with Crippen molar-refractivity contribution in [2.75, 3.05) is 6.61 Å². The summed E-state index contributed by atoms with van der Waals surface area (Å²) < 4.78 is 12.4. The zero-order chi connectivity index (χ0) is 20.7. The van der Waals surface area contributed by atoms with Crippen molar-refractivity contribution in [1.29, 1.82) is 0 Å². The first-order valence-electron chi connectivity index (χ1n) is 10.5. The molecule has 5 heteroatoms. The maximum Gasteiger partial charge on any atom is 0.317 e. The van der Waals surface area contributed by atoms with Gasteiger partial charge in [0.15, 0.2) is 5.78 Å². The fourth-order valence-electron chi connectivity index (χ4n) is 5.77. The van der Waals surface area contributed by atoms with Crippen LogP contribution in [0.5, 0.6) is 0 Å². The maximum absolute atomic E-state index is 12.6. The second-order valence-electron chi connectivity index (χ2n) is 9.90. The Kier molecular flexibility index (Phi) is 6.47. The van der Waals surface area contributed by atoms with E-state index in [1.54, 1.807) is 13.0 Å². The number of esters is 1. The van der Waals surface area contributed by atoms with Crippen LogP contribution in [0.4, 0.5) is 0 Å². The van der Waals surface area contributed by atoms with E-state index in [0.29, 0.717) is 23.2 Å². The summed E-state index contributed by atoms with van der Waals surface area (Å²) in [5.41, 5.74) is 2.35. The summed E-state index contributed by atoms with van der Waals surface area (Å²) in [4.78, 5) is 25.2. The Morgan fingerprint density at radius 3 is 2.11 bits per heavy atom. The molecular weight excluding hydrogens is 356 g/mol. The average Bonchev–Trinajstić information content (AvgIpc) is 2.93. The molecule has 2 aliphatic carbocycles. The molecule has 0 unspecified atom stereocenters. The van der Waals surface area contributed by atoms with Gasteiger partial charge in [-0.25, -0.2) is 0 Å². The Bertz CT molecular complexity index is 596. The number of hydrogen-bond acceptors (Lipinski definition) is 4. The van der Waals surface area contributed by atoms with Crippen LogP contribution in [0.1, 0.15) is 68.7 Å². The summed E-state index contributed by atoms with van der Waals surface area (Å²) in [5, 5.41) is 0. The second kappa shape index (κ2) is 7.82. The highest BCUT2D eigenvalue weighted by molar-refractivity contribution is 6.77. The Morgan fingerprint density at radius 1 is 1.15 bits per heavy atom. The van der Waals surface area contributed by atoms with Gasteiger partial charge < -0.3 is 9.16 Å². The zero-order valence-electron chi connectivity index (χ0n) is 18.6. The lowest BCUT2D eigenvalue weighted by Crippen LogP contribution is -2.54. The van der Waals surface area contributed by atoms with Crippen molar-refractivity contribution >= 4 is 20.1 Å². The number of carbonyl (C=O) groups excluding carboxylic acids is 2. The summed E-state index contributed by atoms with van der Waals surface area (Å²) >= 11 is 0. The van der Waals surface area contributed by atoms with Gasteiger partial charge >= 0.3 is 5.97 Å². The van der Waals surface area contributed by atoms with Crippen molar-refractivity contribution in [1.82, 2.24) is 0 Å². The first-order chi connectivity index (χ1) is 12.4. The monoisotopic (exact) mass is 394 g/mol. The van der Waals surface area contributed by atoms with Crippen molar-refractivity contribution in [2.45, 2.75) is 91.5 Å². The second-order valence-corrected chi connectivity index (χ2v) is 15.3. The lowest BCUT2D eigenvalue weighted by Gasteiger charge is -2.48. The molecule has 0 N–H and O–H groups in total. The van der Waals surface area contributed by atoms with Gasteiger partial charge in [-0.1, -0.05) is 61.0 Å². The van der Waals surface area contributed by atoms with Crippen LogP contribution in [0.15, 0.2) is 11.6 Å². The smallest absolute Gasteiger partial charge is 0.317 e. The molecule has 0 aromatic heterocycles. The Labute approximate surface area is 166 Å². The van der Waals surface area contributed by atoms with Crippen LogP contribution in [-0.2, 0) is 18.8 Å². The van der Waals surface area contributed by atoms with E-state index in [0.717, 1.165) is 12.0 Å². The molecule has 27 heavy (non-hydrogen) atoms. The highest BCUT2D eigenvalue weighted by Gasteiger charge is 2.59. The van der Waals surface area contributed by atoms with Gasteiger partial charge in [-0.2, -0.15) is 0 Å². The van der Waals surface area contributed by atoms with Crippen molar-refractivity contribution in [3.05, 3.63) is 11.6 Å². The molecule has 0 aliphatic heterocycles. The molecule has 2 aliphatic rings. The molecule has 0 aromatic carbocycles. The molecular formula is C22H38O4Si. The Morgan fingerprint density at radius 2 is 1.67 bits per heavy atom. The molecule has 154 valence electrons. The quantitative estimate of drug-likeness (QED) is 0.335. The number of rotatable bonds is 7. The summed E-state index contributed by atoms with van der Waals surface area (Å²) in [5.74, 6) is -1.40. The molecule has 1 saturated carbocycles. The van der Waals surface area contributed by atoms with Crippen molar-refractivity contribution in [2.24, 2.45) is 17.3 Å². The standard InChI is InChI=1S/C22H38O4Si/c1-10-25-21(24)19-17(23)11-16-12-22(8,9)20(18(16)19)26-27(13(2)3,14(4)5)15(6)7/h11,13-15,18-20H,10,12H2,1-9H3/t18-,19-,20+/m0/s1. The van der Waals surface area contributed by atoms with E-state index < -0.39 is 20.2 Å². The Balaban J connectivity index is 2.48. The maximum atomic E-state index is 12.6. The van der Waals surface area contributed by atoms with Gasteiger partial charge in [0.25, 0.3) is 0 Å². The van der Waals surface area contributed by atoms with Gasteiger partial charge in [-0.3, -0.25) is 9.59 Å². The normalized spacial score (nSPS) is 27.5. The molecule has 0 saturated heterocycles. The van der Waals surface area contributed by atoms with Gasteiger partial charge in [0.2, 0.25) is 8.32 Å². The minimum Gasteiger partial charge on any atom is -0.465 e. The Hall–Kier alpha value is -0.943. The van der Waals surface area contributed by atoms with Gasteiger partial charge in [-0.05, 0) is 41.5 Å². The van der Waals surface area contributed by atoms with Gasteiger partial charge in [0.05, 0.1) is 12.7 Å². The predicted molar refractivity (Wildman–Crippen MR) is 111 cm³/mol. The number of ether oxygens (including phenoxy) is 1. The van der Waals surface area contributed by atoms with Crippen LogP contribution < -0.4 is 0 Å². The van der Waals surface area contributed by atoms with Crippen LogP contribution in [0.25, 0.3) is 0 Å². The highest BCUT2D eigenvalue weighted by Crippen LogP contribution is 2.56. The minimum absolute atomic E-state index is 0.0983. The van der Waals surface area contributed by atoms with Gasteiger partial charge in [0, 0.05) is 5.92 Å². The largest absolute Gasteiger partial charge is 0.465 e. The molecule has 0 radical (unpaired) electrons. The third-order valence-electron chi connectivity index (χ3n) is 6.76. The van der Waals surface area contributed by atoms with E-state index in [9.17, 15) is 9.59 Å². The minimum atomic E-state index is -2.14. The lowest BCUT2D eigenvalue weighted by molar-refractivity contribution is -0.153. The fraction of sp³-hybridized carbons (Fsp3) is 0.818. The van der Waals surface area contributed by atoms with Crippen LogP contribution >= 0.6 is 0 Å². The van der Waals surface area contributed by atoms with Gasteiger partial charge in [-0.15, -0.1) is 0 Å². The van der Waals surface area contributed by atoms with Crippen LogP contribution in [-0.4, -0.2) is 32.8 Å². The molecule has 0 spiro atoms. The molecule has 0 bridgehead atoms. The third-order valence-corrected chi connectivity index (χ3v) is 12.8. The van der Waals surface area contributed by atoms with Crippen molar-refractivity contribution < 1.29 is 18.8 Å². The van der Waals surface area contributed by atoms with Gasteiger partial charge in [0.1, 0.15) is 5.92 Å². The number of allylic oxidation sites excluding steroid dienone is 1. The molecule has 4 nitrogen and oxygen atoms in total. The van der Waals surface area contributed by atoms with E-state index >= 15 is 0 Å². The first kappa shape index (κ1) is 22.3. The number of carbonyl (C=O) groups is 2. The molecule has 0 heterocycles. The average molecular weight is 395 g/mol. The number of hydrogen-bond donors (Lipinski definition) is 0. The lowest BCUT2D eigenvalue weighted by atomic mass is 9.82. The molecule has 0 amide bonds. The third kappa shape index (κ3) is 3.69. The van der Waals surface area contributed by atoms with Crippen LogP contribution in [0.3, 0.4) is 0 Å². The van der Waals surface area contributed by atoms with Crippen LogP contribution in [0, 0.1) is 17.3 Å². The van der Waals surface area contributed by atoms with E-state index in [-0.39, 0.29) is 23.2 Å². The molecule has 1 fully saturated rings. The summed E-state index contributed by atoms with van der Waals surface area (Å²) in [6, 6.07) is 0. The zero-order valence-corrected chi connectivity index (χ0v) is 19.6. The summed E-state index contributed by atoms with van der Waals surface area (Å²) in [6.45, 7) is 20.1. The first-order valence-corrected chi connectivity index (χ1v) is 12.6. The number of ketones is 1. The van der Waals surface area contributed by atoms with E-state index in [1.165, 1.54) is 0 Å². The number of fused-ring (bicyclic) bond motifs is 1. The van der Waals surface area contributed by atoms with E-state index in [4.69, 9.17) is 9.16 Å². The predicted octanol–water partition coefficient (Wildman–Crippen LogP) is 5.28. The fourth-order valence-corrected chi connectivity index (χ4v) is 11.5. The highest BCUT2D eigenvalue weighted by atomic mass is 28.4. The SMILES string of the molecule is CCOC(=O)[C@H]1C(=O)C=C2CC(C)(C)[C@H](O[Si](C(C)C)(C(C)C)C(C)C)[C@@H]21. The molecule has 0 aromatic rings. The van der Waals surface area contributed by atoms with Crippen LogP contribution in [0.2, 0.25) is 16.6 Å². The molecule has 2 rings (SSSR count). The summed E-state index contributed by atoms with van der Waals surface area (Å²) in [7, 11) is -2.14.